The smallest absolute Gasteiger partial charge is 0.0240 e. The topological polar surface area (TPSA) is 6.48 Å². The van der Waals surface area contributed by atoms with Crippen LogP contribution in [0.15, 0.2) is 60.7 Å². The second kappa shape index (κ2) is 10.1. The van der Waals surface area contributed by atoms with Crippen LogP contribution in [0.5, 0.6) is 0 Å². The summed E-state index contributed by atoms with van der Waals surface area (Å²) in [5.74, 6) is 0.865. The van der Waals surface area contributed by atoms with Gasteiger partial charge in [-0.05, 0) is 63.6 Å². The maximum absolute atomic E-state index is 2.72. The second-order valence-corrected chi connectivity index (χ2v) is 8.58. The predicted molar refractivity (Wildman–Crippen MR) is 116 cm³/mol. The highest BCUT2D eigenvalue weighted by molar-refractivity contribution is 5.17. The van der Waals surface area contributed by atoms with Crippen molar-refractivity contribution in [2.24, 2.45) is 5.92 Å². The van der Waals surface area contributed by atoms with E-state index < -0.39 is 0 Å². The zero-order valence-electron chi connectivity index (χ0n) is 17.3. The van der Waals surface area contributed by atoms with E-state index in [9.17, 15) is 0 Å². The largest absolute Gasteiger partial charge is 0.304 e. The fourth-order valence-electron chi connectivity index (χ4n) is 4.26. The molecule has 0 saturated heterocycles. The van der Waals surface area contributed by atoms with Gasteiger partial charge in [-0.25, -0.2) is 0 Å². The molecule has 1 aliphatic carbocycles. The third-order valence-corrected chi connectivity index (χ3v) is 6.22. The van der Waals surface area contributed by atoms with E-state index in [1.54, 1.807) is 0 Å². The number of nitrogens with zero attached hydrogens (tertiary/aromatic N) is 2. The molecule has 1 fully saturated rings. The van der Waals surface area contributed by atoms with Crippen LogP contribution in [-0.2, 0) is 13.1 Å². The molecule has 2 nitrogen and oxygen atoms in total. The van der Waals surface area contributed by atoms with Crippen LogP contribution in [0.1, 0.15) is 50.7 Å². The number of hydrogen-bond donors (Lipinski definition) is 0. The van der Waals surface area contributed by atoms with Gasteiger partial charge >= 0.3 is 0 Å². The highest BCUT2D eigenvalue weighted by Gasteiger charge is 2.27. The summed E-state index contributed by atoms with van der Waals surface area (Å²) in [7, 11) is 2.27. The number of benzene rings is 2. The van der Waals surface area contributed by atoms with Gasteiger partial charge in [-0.15, -0.1) is 0 Å². The van der Waals surface area contributed by atoms with Crippen molar-refractivity contribution in [3.05, 3.63) is 71.8 Å². The van der Waals surface area contributed by atoms with Crippen molar-refractivity contribution in [1.29, 1.82) is 0 Å². The molecule has 0 atom stereocenters. The standard InChI is InChI=1S/C25H36N2/c1-21(2)26(3)18-24-14-16-25(17-15-24)27(19-22-10-6-4-7-11-22)20-23-12-8-5-9-13-23/h4-13,21,24-25H,14-20H2,1-3H3. The average molecular weight is 365 g/mol. The molecular weight excluding hydrogens is 328 g/mol. The summed E-state index contributed by atoms with van der Waals surface area (Å²) in [5.41, 5.74) is 2.85. The monoisotopic (exact) mass is 364 g/mol. The molecular formula is C25H36N2. The van der Waals surface area contributed by atoms with E-state index in [0.717, 1.165) is 19.0 Å². The molecule has 0 radical (unpaired) electrons. The molecule has 0 heterocycles. The number of hydrogen-bond acceptors (Lipinski definition) is 2. The lowest BCUT2D eigenvalue weighted by Gasteiger charge is -2.38. The Morgan fingerprint density at radius 2 is 1.26 bits per heavy atom. The van der Waals surface area contributed by atoms with E-state index >= 15 is 0 Å². The Labute approximate surface area is 166 Å². The van der Waals surface area contributed by atoms with Crippen molar-refractivity contribution in [3.8, 4) is 0 Å². The van der Waals surface area contributed by atoms with Crippen LogP contribution in [0.25, 0.3) is 0 Å². The molecule has 2 heteroatoms. The molecule has 3 rings (SSSR count). The van der Waals surface area contributed by atoms with Crippen molar-refractivity contribution in [2.45, 2.75) is 64.7 Å². The molecule has 0 N–H and O–H groups in total. The Balaban J connectivity index is 1.62. The van der Waals surface area contributed by atoms with Crippen molar-refractivity contribution in [3.63, 3.8) is 0 Å². The van der Waals surface area contributed by atoms with Crippen LogP contribution in [0, 0.1) is 5.92 Å². The third kappa shape index (κ3) is 6.19. The van der Waals surface area contributed by atoms with E-state index in [-0.39, 0.29) is 0 Å². The Kier molecular flexibility index (Phi) is 7.49. The van der Waals surface area contributed by atoms with Gasteiger partial charge in [-0.2, -0.15) is 0 Å². The normalized spacial score (nSPS) is 20.5. The minimum atomic E-state index is 0.649. The Morgan fingerprint density at radius 1 is 0.778 bits per heavy atom. The first-order chi connectivity index (χ1) is 13.1. The molecule has 1 aliphatic rings. The Hall–Kier alpha value is -1.64. The molecule has 27 heavy (non-hydrogen) atoms. The van der Waals surface area contributed by atoms with Gasteiger partial charge in [0.2, 0.25) is 0 Å². The molecule has 146 valence electrons. The first-order valence-corrected chi connectivity index (χ1v) is 10.6. The second-order valence-electron chi connectivity index (χ2n) is 8.58. The molecule has 0 bridgehead atoms. The lowest BCUT2D eigenvalue weighted by atomic mass is 9.84. The van der Waals surface area contributed by atoms with Crippen LogP contribution < -0.4 is 0 Å². The summed E-state index contributed by atoms with van der Waals surface area (Å²) < 4.78 is 0. The number of rotatable bonds is 8. The van der Waals surface area contributed by atoms with Crippen LogP contribution in [0.4, 0.5) is 0 Å². The SMILES string of the molecule is CC(C)N(C)CC1CCC(N(Cc2ccccc2)Cc2ccccc2)CC1. The average Bonchev–Trinajstić information content (AvgIpc) is 2.69. The minimum absolute atomic E-state index is 0.649. The summed E-state index contributed by atoms with van der Waals surface area (Å²) >= 11 is 0. The van der Waals surface area contributed by atoms with Gasteiger partial charge in [0.25, 0.3) is 0 Å². The zero-order chi connectivity index (χ0) is 19.1. The summed E-state index contributed by atoms with van der Waals surface area (Å²) in [6, 6.07) is 23.3. The molecule has 0 amide bonds. The lowest BCUT2D eigenvalue weighted by Crippen LogP contribution is -2.40. The predicted octanol–water partition coefficient (Wildman–Crippen LogP) is 5.59. The van der Waals surface area contributed by atoms with Gasteiger partial charge in [0, 0.05) is 31.7 Å². The van der Waals surface area contributed by atoms with E-state index in [4.69, 9.17) is 0 Å². The van der Waals surface area contributed by atoms with Crippen LogP contribution in [-0.4, -0.2) is 35.5 Å². The highest BCUT2D eigenvalue weighted by atomic mass is 15.2. The van der Waals surface area contributed by atoms with E-state index in [1.807, 2.05) is 0 Å². The summed E-state index contributed by atoms with van der Waals surface area (Å²) in [4.78, 5) is 5.23. The molecule has 1 saturated carbocycles. The van der Waals surface area contributed by atoms with Crippen LogP contribution in [0.2, 0.25) is 0 Å². The maximum Gasteiger partial charge on any atom is 0.0240 e. The minimum Gasteiger partial charge on any atom is -0.304 e. The fourth-order valence-corrected chi connectivity index (χ4v) is 4.26. The van der Waals surface area contributed by atoms with Crippen molar-refractivity contribution >= 4 is 0 Å². The molecule has 0 unspecified atom stereocenters. The lowest BCUT2D eigenvalue weighted by molar-refractivity contribution is 0.106. The molecule has 0 spiro atoms. The Bertz CT molecular complexity index is 603. The third-order valence-electron chi connectivity index (χ3n) is 6.22. The van der Waals surface area contributed by atoms with Gasteiger partial charge in [0.1, 0.15) is 0 Å². The summed E-state index contributed by atoms with van der Waals surface area (Å²) in [6.45, 7) is 7.95. The molecule has 0 aromatic heterocycles. The van der Waals surface area contributed by atoms with Gasteiger partial charge < -0.3 is 4.90 Å². The van der Waals surface area contributed by atoms with Gasteiger partial charge in [-0.1, -0.05) is 60.7 Å². The van der Waals surface area contributed by atoms with Crippen molar-refractivity contribution in [1.82, 2.24) is 9.80 Å². The van der Waals surface area contributed by atoms with Gasteiger partial charge in [-0.3, -0.25) is 4.90 Å². The first kappa shape index (κ1) is 20.1. The van der Waals surface area contributed by atoms with Crippen molar-refractivity contribution < 1.29 is 0 Å². The zero-order valence-corrected chi connectivity index (χ0v) is 17.3. The molecule has 2 aromatic rings. The first-order valence-electron chi connectivity index (χ1n) is 10.6. The van der Waals surface area contributed by atoms with E-state index in [0.29, 0.717) is 12.1 Å². The maximum atomic E-state index is 2.72. The summed E-state index contributed by atoms with van der Waals surface area (Å²) in [5, 5.41) is 0. The van der Waals surface area contributed by atoms with Gasteiger partial charge in [0.15, 0.2) is 0 Å². The highest BCUT2D eigenvalue weighted by Crippen LogP contribution is 2.30. The molecule has 2 aromatic carbocycles. The quantitative estimate of drug-likeness (QED) is 0.602. The van der Waals surface area contributed by atoms with Crippen LogP contribution in [0.3, 0.4) is 0 Å². The molecule has 0 aliphatic heterocycles. The van der Waals surface area contributed by atoms with Crippen LogP contribution >= 0.6 is 0 Å². The summed E-state index contributed by atoms with van der Waals surface area (Å²) in [6.07, 6.45) is 5.39. The van der Waals surface area contributed by atoms with E-state index in [2.05, 4.69) is 91.4 Å². The fraction of sp³-hybridized carbons (Fsp3) is 0.520. The Morgan fingerprint density at radius 3 is 1.70 bits per heavy atom. The van der Waals surface area contributed by atoms with E-state index in [1.165, 1.54) is 43.4 Å². The van der Waals surface area contributed by atoms with Gasteiger partial charge in [0.05, 0.1) is 0 Å². The van der Waals surface area contributed by atoms with Crippen molar-refractivity contribution in [2.75, 3.05) is 13.6 Å².